The van der Waals surface area contributed by atoms with E-state index in [0.717, 1.165) is 0 Å². The molecule has 1 aliphatic rings. The average Bonchev–Trinajstić information content (AvgIpc) is 2.13. The third kappa shape index (κ3) is 1.22. The fraction of sp³-hybridized carbons (Fsp3) is 0.333. The van der Waals surface area contributed by atoms with Gasteiger partial charge in [0.1, 0.15) is 0 Å². The van der Waals surface area contributed by atoms with Crippen LogP contribution in [0.2, 0.25) is 0 Å². The molecule has 0 spiro atoms. The van der Waals surface area contributed by atoms with E-state index in [9.17, 15) is 8.42 Å². The number of oxime groups is 1. The van der Waals surface area contributed by atoms with E-state index < -0.39 is 10.3 Å². The molecule has 1 rings (SSSR count). The van der Waals surface area contributed by atoms with E-state index >= 15 is 0 Å². The van der Waals surface area contributed by atoms with Gasteiger partial charge in [-0.1, -0.05) is 16.8 Å². The van der Waals surface area contributed by atoms with E-state index in [1.165, 1.54) is 0 Å². The third-order valence-electron chi connectivity index (χ3n) is 0.772. The highest BCUT2D eigenvalue weighted by Gasteiger charge is 2.15. The predicted molar refractivity (Wildman–Crippen MR) is 33.2 cm³/mol. The molecule has 0 N–H and O–H groups in total. The molecule has 50 valence electrons. The number of rotatable bonds is 0. The maximum absolute atomic E-state index is 10.1. The topological polar surface area (TPSA) is 55.7 Å². The SMILES string of the molecule is O=S(=O)=C1CON=C1Cl. The van der Waals surface area contributed by atoms with Gasteiger partial charge in [-0.3, -0.25) is 0 Å². The molecule has 0 radical (unpaired) electrons. The van der Waals surface area contributed by atoms with Crippen LogP contribution in [-0.4, -0.2) is 25.1 Å². The van der Waals surface area contributed by atoms with Crippen LogP contribution in [0.5, 0.6) is 0 Å². The third-order valence-corrected chi connectivity index (χ3v) is 1.89. The molecule has 0 aromatic carbocycles. The Hall–Kier alpha value is -0.550. The average molecular weight is 168 g/mol. The maximum atomic E-state index is 10.1. The molecule has 6 heteroatoms. The highest BCUT2D eigenvalue weighted by molar-refractivity contribution is 7.75. The Morgan fingerprint density at radius 1 is 1.67 bits per heavy atom. The molecule has 1 heterocycles. The molecule has 0 saturated heterocycles. The summed E-state index contributed by atoms with van der Waals surface area (Å²) in [5.41, 5.74) is 0. The van der Waals surface area contributed by atoms with Crippen molar-refractivity contribution in [2.24, 2.45) is 5.16 Å². The fourth-order valence-corrected chi connectivity index (χ4v) is 0.991. The Morgan fingerprint density at radius 2 is 2.33 bits per heavy atom. The minimum atomic E-state index is -2.29. The van der Waals surface area contributed by atoms with Crippen molar-refractivity contribution in [1.29, 1.82) is 0 Å². The summed E-state index contributed by atoms with van der Waals surface area (Å²) in [6.45, 7) is -0.0467. The van der Waals surface area contributed by atoms with Gasteiger partial charge in [-0.15, -0.1) is 0 Å². The molecule has 0 atom stereocenters. The molecular weight excluding hydrogens is 166 g/mol. The van der Waals surface area contributed by atoms with Crippen LogP contribution >= 0.6 is 11.6 Å². The second-order valence-electron chi connectivity index (χ2n) is 1.31. The predicted octanol–water partition coefficient (Wildman–Crippen LogP) is -0.380. The number of halogens is 1. The summed E-state index contributed by atoms with van der Waals surface area (Å²) in [5.74, 6) is 0. The molecule has 0 aromatic rings. The van der Waals surface area contributed by atoms with Crippen molar-refractivity contribution in [1.82, 2.24) is 0 Å². The van der Waals surface area contributed by atoms with E-state index in [2.05, 4.69) is 9.99 Å². The zero-order chi connectivity index (χ0) is 6.85. The Kier molecular flexibility index (Phi) is 1.73. The summed E-state index contributed by atoms with van der Waals surface area (Å²) in [5, 5.41) is 3.11. The summed E-state index contributed by atoms with van der Waals surface area (Å²) in [7, 11) is -2.29. The molecule has 0 bridgehead atoms. The van der Waals surface area contributed by atoms with Gasteiger partial charge in [0.05, 0.1) is 0 Å². The van der Waals surface area contributed by atoms with Crippen molar-refractivity contribution in [3.05, 3.63) is 0 Å². The van der Waals surface area contributed by atoms with Crippen LogP contribution in [0, 0.1) is 0 Å². The second kappa shape index (κ2) is 2.36. The minimum absolute atomic E-state index is 0.0108. The Bertz CT molecular complexity index is 269. The van der Waals surface area contributed by atoms with Gasteiger partial charge in [-0.25, -0.2) is 0 Å². The largest absolute Gasteiger partial charge is 0.388 e. The second-order valence-corrected chi connectivity index (χ2v) is 2.63. The summed E-state index contributed by atoms with van der Waals surface area (Å²) in [4.78, 5) is 4.37. The molecule has 1 aliphatic heterocycles. The van der Waals surface area contributed by atoms with Gasteiger partial charge < -0.3 is 4.84 Å². The van der Waals surface area contributed by atoms with E-state index in [-0.39, 0.29) is 16.6 Å². The van der Waals surface area contributed by atoms with Crippen LogP contribution < -0.4 is 0 Å². The normalized spacial score (nSPS) is 17.0. The molecule has 0 aromatic heterocycles. The lowest BCUT2D eigenvalue weighted by atomic mass is 10.5. The van der Waals surface area contributed by atoms with Gasteiger partial charge in [-0.2, -0.15) is 8.42 Å². The quantitative estimate of drug-likeness (QED) is 0.462. The van der Waals surface area contributed by atoms with Crippen LogP contribution in [0.25, 0.3) is 0 Å². The maximum Gasteiger partial charge on any atom is 0.224 e. The van der Waals surface area contributed by atoms with E-state index in [4.69, 9.17) is 11.6 Å². The standard InChI is InChI=1S/C3H2ClNO3S/c4-3-2(9(6)7)1-8-5-3/h1H2. The van der Waals surface area contributed by atoms with Crippen molar-refractivity contribution >= 4 is 31.9 Å². The number of nitrogens with zero attached hydrogens (tertiary/aromatic N) is 1. The monoisotopic (exact) mass is 167 g/mol. The van der Waals surface area contributed by atoms with Crippen molar-refractivity contribution in [3.8, 4) is 0 Å². The molecule has 0 unspecified atom stereocenters. The number of hydrogen-bond donors (Lipinski definition) is 0. The van der Waals surface area contributed by atoms with Crippen molar-refractivity contribution in [2.45, 2.75) is 0 Å². The van der Waals surface area contributed by atoms with Crippen LogP contribution in [0.3, 0.4) is 0 Å². The van der Waals surface area contributed by atoms with Gasteiger partial charge in [0.25, 0.3) is 0 Å². The molecule has 0 saturated carbocycles. The van der Waals surface area contributed by atoms with Crippen LogP contribution in [0.4, 0.5) is 0 Å². The van der Waals surface area contributed by atoms with Crippen molar-refractivity contribution in [2.75, 3.05) is 6.61 Å². The highest BCUT2D eigenvalue weighted by Crippen LogP contribution is 1.99. The molecule has 0 fully saturated rings. The van der Waals surface area contributed by atoms with Crippen LogP contribution in [0.1, 0.15) is 0 Å². The lowest BCUT2D eigenvalue weighted by molar-refractivity contribution is 0.198. The van der Waals surface area contributed by atoms with Gasteiger partial charge >= 0.3 is 0 Å². The van der Waals surface area contributed by atoms with E-state index in [1.54, 1.807) is 0 Å². The van der Waals surface area contributed by atoms with Crippen LogP contribution in [-0.2, 0) is 15.1 Å². The minimum Gasteiger partial charge on any atom is -0.388 e. The first-order chi connectivity index (χ1) is 4.22. The summed E-state index contributed by atoms with van der Waals surface area (Å²) >= 11 is 5.27. The zero-order valence-corrected chi connectivity index (χ0v) is 5.74. The lowest BCUT2D eigenvalue weighted by Gasteiger charge is -1.78. The Morgan fingerprint density at radius 3 is 2.56 bits per heavy atom. The smallest absolute Gasteiger partial charge is 0.224 e. The molecule has 4 nitrogen and oxygen atoms in total. The molecule has 9 heavy (non-hydrogen) atoms. The van der Waals surface area contributed by atoms with Gasteiger partial charge in [0, 0.05) is 0 Å². The summed E-state index contributed by atoms with van der Waals surface area (Å²) in [6, 6.07) is 0. The van der Waals surface area contributed by atoms with Gasteiger partial charge in [0.15, 0.2) is 16.6 Å². The summed E-state index contributed by atoms with van der Waals surface area (Å²) < 4.78 is 20.3. The fourth-order valence-electron chi connectivity index (χ4n) is 0.375. The van der Waals surface area contributed by atoms with Gasteiger partial charge in [-0.05, 0) is 0 Å². The first kappa shape index (κ1) is 6.57. The van der Waals surface area contributed by atoms with Crippen LogP contribution in [0.15, 0.2) is 5.16 Å². The zero-order valence-electron chi connectivity index (χ0n) is 4.17. The molecule has 0 amide bonds. The van der Waals surface area contributed by atoms with Crippen molar-refractivity contribution in [3.63, 3.8) is 0 Å². The highest BCUT2D eigenvalue weighted by atomic mass is 35.5. The first-order valence-corrected chi connectivity index (χ1v) is 3.48. The van der Waals surface area contributed by atoms with Gasteiger partial charge in [0.2, 0.25) is 10.3 Å². The Balaban J connectivity index is 3.16. The van der Waals surface area contributed by atoms with E-state index in [1.807, 2.05) is 0 Å². The molecule has 0 aliphatic carbocycles. The lowest BCUT2D eigenvalue weighted by Crippen LogP contribution is -2.06. The Labute approximate surface area is 57.6 Å². The van der Waals surface area contributed by atoms with Crippen molar-refractivity contribution < 1.29 is 13.3 Å². The first-order valence-electron chi connectivity index (χ1n) is 2.02. The number of hydrogen-bond acceptors (Lipinski definition) is 4. The van der Waals surface area contributed by atoms with E-state index in [0.29, 0.717) is 0 Å². The molecular formula is C3H2ClNO3S. The summed E-state index contributed by atoms with van der Waals surface area (Å²) in [6.07, 6.45) is 0.